The molecule has 6 rings (SSSR count). The lowest BCUT2D eigenvalue weighted by Crippen LogP contribution is -1.96. The topological polar surface area (TPSA) is 70.2 Å². The Hall–Kier alpha value is -2.74. The molecule has 32 heavy (non-hydrogen) atoms. The van der Waals surface area contributed by atoms with E-state index in [-0.39, 0.29) is 0 Å². The van der Waals surface area contributed by atoms with Gasteiger partial charge in [-0.2, -0.15) is 0 Å². The minimum atomic E-state index is 0.952. The number of halogens is 2. The molecular weight excluding hydrogens is 630 g/mol. The van der Waals surface area contributed by atoms with E-state index in [0.717, 1.165) is 41.5 Å². The number of pyridine rings is 2. The largest absolute Gasteiger partial charge is 0.306 e. The molecule has 0 aliphatic carbocycles. The van der Waals surface area contributed by atoms with Crippen LogP contribution < -0.4 is 0 Å². The standard InChI is InChI=1S/2C11H9IN4/c1-8-6-15(7-14-8)9-2-3-16-10(12)5-13-11(16)4-9;1-8-5-13-7-16(8)9-2-3-15-10(12)6-14-11(15)4-9/h2*2-7H,1H3. The second-order valence-electron chi connectivity index (χ2n) is 7.22. The molecule has 0 saturated carbocycles. The van der Waals surface area contributed by atoms with E-state index in [9.17, 15) is 0 Å². The maximum Gasteiger partial charge on any atom is 0.139 e. The first-order valence-electron chi connectivity index (χ1n) is 9.75. The fourth-order valence-electron chi connectivity index (χ4n) is 3.38. The highest BCUT2D eigenvalue weighted by atomic mass is 127. The molecule has 0 aliphatic heterocycles. The van der Waals surface area contributed by atoms with Crippen LogP contribution in [-0.4, -0.2) is 37.9 Å². The van der Waals surface area contributed by atoms with Crippen LogP contribution in [0.3, 0.4) is 0 Å². The number of aryl methyl sites for hydroxylation is 2. The van der Waals surface area contributed by atoms with Crippen molar-refractivity contribution < 1.29 is 0 Å². The Morgan fingerprint density at radius 1 is 0.750 bits per heavy atom. The first-order valence-corrected chi connectivity index (χ1v) is 11.9. The predicted octanol–water partition coefficient (Wildman–Crippen LogP) is 4.87. The summed E-state index contributed by atoms with van der Waals surface area (Å²) in [6, 6.07) is 8.21. The Morgan fingerprint density at radius 3 is 1.94 bits per heavy atom. The van der Waals surface area contributed by atoms with Crippen LogP contribution in [0.4, 0.5) is 0 Å². The Bertz CT molecular complexity index is 1540. The molecule has 0 amide bonds. The number of aromatic nitrogens is 8. The summed E-state index contributed by atoms with van der Waals surface area (Å²) in [4.78, 5) is 17.0. The lowest BCUT2D eigenvalue weighted by Gasteiger charge is -2.05. The summed E-state index contributed by atoms with van der Waals surface area (Å²) < 4.78 is 10.4. The molecule has 0 fully saturated rings. The number of hydrogen-bond donors (Lipinski definition) is 0. The third-order valence-corrected chi connectivity index (χ3v) is 6.61. The van der Waals surface area contributed by atoms with Crippen molar-refractivity contribution in [2.75, 3.05) is 0 Å². The molecule has 160 valence electrons. The summed E-state index contributed by atoms with van der Waals surface area (Å²) in [5, 5.41) is 0. The maximum atomic E-state index is 4.34. The van der Waals surface area contributed by atoms with Gasteiger partial charge in [0, 0.05) is 42.6 Å². The van der Waals surface area contributed by atoms with Gasteiger partial charge in [0.15, 0.2) is 0 Å². The van der Waals surface area contributed by atoms with E-state index in [2.05, 4.69) is 87.7 Å². The summed E-state index contributed by atoms with van der Waals surface area (Å²) in [6.07, 6.45) is 15.2. The Labute approximate surface area is 211 Å². The van der Waals surface area contributed by atoms with Crippen LogP contribution in [0.2, 0.25) is 0 Å². The van der Waals surface area contributed by atoms with Gasteiger partial charge in [-0.1, -0.05) is 0 Å². The molecule has 0 saturated heterocycles. The summed E-state index contributed by atoms with van der Waals surface area (Å²) >= 11 is 4.53. The average molecular weight is 648 g/mol. The molecular formula is C22H18I2N8. The zero-order valence-corrected chi connectivity index (χ0v) is 21.6. The van der Waals surface area contributed by atoms with Gasteiger partial charge in [0.05, 0.1) is 42.1 Å². The van der Waals surface area contributed by atoms with Gasteiger partial charge in [-0.05, 0) is 71.2 Å². The third kappa shape index (κ3) is 4.03. The number of rotatable bonds is 2. The second kappa shape index (κ2) is 8.65. The number of fused-ring (bicyclic) bond motifs is 2. The van der Waals surface area contributed by atoms with Crippen LogP contribution in [0, 0.1) is 21.2 Å². The molecule has 0 aromatic carbocycles. The summed E-state index contributed by atoms with van der Waals surface area (Å²) in [5.74, 6) is 0. The van der Waals surface area contributed by atoms with Crippen LogP contribution in [0.5, 0.6) is 0 Å². The van der Waals surface area contributed by atoms with Gasteiger partial charge in [0.1, 0.15) is 18.7 Å². The maximum absolute atomic E-state index is 4.34. The van der Waals surface area contributed by atoms with Gasteiger partial charge < -0.3 is 9.13 Å². The molecule has 0 atom stereocenters. The molecule has 6 aromatic heterocycles. The minimum absolute atomic E-state index is 0.952. The Kier molecular flexibility index (Phi) is 5.71. The number of nitrogens with zero attached hydrogens (tertiary/aromatic N) is 8. The van der Waals surface area contributed by atoms with Crippen LogP contribution in [0.15, 0.2) is 74.1 Å². The fraction of sp³-hybridized carbons (Fsp3) is 0.0909. The molecule has 6 aromatic rings. The second-order valence-corrected chi connectivity index (χ2v) is 9.43. The van der Waals surface area contributed by atoms with E-state index < -0.39 is 0 Å². The third-order valence-electron chi connectivity index (χ3n) is 5.01. The molecule has 0 spiro atoms. The smallest absolute Gasteiger partial charge is 0.139 e. The quantitative estimate of drug-likeness (QED) is 0.252. The zero-order valence-electron chi connectivity index (χ0n) is 17.3. The van der Waals surface area contributed by atoms with Gasteiger partial charge in [0.25, 0.3) is 0 Å². The highest BCUT2D eigenvalue weighted by Gasteiger charge is 2.05. The molecule has 8 nitrogen and oxygen atoms in total. The highest BCUT2D eigenvalue weighted by Crippen LogP contribution is 2.16. The molecule has 0 unspecified atom stereocenters. The van der Waals surface area contributed by atoms with Crippen molar-refractivity contribution in [3.05, 3.63) is 92.9 Å². The van der Waals surface area contributed by atoms with Gasteiger partial charge in [-0.3, -0.25) is 8.80 Å². The summed E-state index contributed by atoms with van der Waals surface area (Å²) in [7, 11) is 0. The number of imidazole rings is 4. The van der Waals surface area contributed by atoms with E-state index >= 15 is 0 Å². The van der Waals surface area contributed by atoms with Crippen molar-refractivity contribution in [3.8, 4) is 11.4 Å². The SMILES string of the molecule is Cc1cn(-c2ccn3c(I)cnc3c2)cn1.Cc1cncn1-c1ccn2c(I)cnc2c1. The van der Waals surface area contributed by atoms with Crippen molar-refractivity contribution >= 4 is 56.5 Å². The highest BCUT2D eigenvalue weighted by molar-refractivity contribution is 14.1. The van der Waals surface area contributed by atoms with Crippen molar-refractivity contribution in [2.24, 2.45) is 0 Å². The fourth-order valence-corrected chi connectivity index (χ4v) is 4.48. The molecule has 6 heterocycles. The number of hydrogen-bond acceptors (Lipinski definition) is 4. The molecule has 10 heteroatoms. The predicted molar refractivity (Wildman–Crippen MR) is 140 cm³/mol. The van der Waals surface area contributed by atoms with E-state index in [1.807, 2.05) is 83.3 Å². The molecule has 0 N–H and O–H groups in total. The minimum Gasteiger partial charge on any atom is -0.306 e. The first-order chi connectivity index (χ1) is 15.5. The van der Waals surface area contributed by atoms with Crippen molar-refractivity contribution in [3.63, 3.8) is 0 Å². The van der Waals surface area contributed by atoms with Crippen LogP contribution in [-0.2, 0) is 0 Å². The average Bonchev–Trinajstić information content (AvgIpc) is 3.58. The lowest BCUT2D eigenvalue weighted by molar-refractivity contribution is 0.993. The van der Waals surface area contributed by atoms with Crippen molar-refractivity contribution in [2.45, 2.75) is 13.8 Å². The van der Waals surface area contributed by atoms with Gasteiger partial charge in [0.2, 0.25) is 0 Å². The van der Waals surface area contributed by atoms with E-state index in [1.165, 1.54) is 0 Å². The molecule has 0 radical (unpaired) electrons. The van der Waals surface area contributed by atoms with E-state index in [1.54, 1.807) is 0 Å². The zero-order chi connectivity index (χ0) is 22.2. The lowest BCUT2D eigenvalue weighted by atomic mass is 10.3. The molecule has 0 aliphatic rings. The Balaban J connectivity index is 0.000000135. The molecule has 0 bridgehead atoms. The van der Waals surface area contributed by atoms with Crippen LogP contribution >= 0.6 is 45.2 Å². The van der Waals surface area contributed by atoms with Crippen molar-refractivity contribution in [1.29, 1.82) is 0 Å². The van der Waals surface area contributed by atoms with E-state index in [4.69, 9.17) is 0 Å². The summed E-state index contributed by atoms with van der Waals surface area (Å²) in [6.45, 7) is 4.01. The van der Waals surface area contributed by atoms with Crippen LogP contribution in [0.25, 0.3) is 22.7 Å². The van der Waals surface area contributed by atoms with Gasteiger partial charge >= 0.3 is 0 Å². The van der Waals surface area contributed by atoms with Crippen LogP contribution in [0.1, 0.15) is 11.4 Å². The van der Waals surface area contributed by atoms with Crippen molar-refractivity contribution in [1.82, 2.24) is 37.9 Å². The first kappa shape index (κ1) is 21.1. The van der Waals surface area contributed by atoms with Gasteiger partial charge in [-0.15, -0.1) is 0 Å². The van der Waals surface area contributed by atoms with E-state index in [0.29, 0.717) is 0 Å². The van der Waals surface area contributed by atoms with Gasteiger partial charge in [-0.25, -0.2) is 19.9 Å². The Morgan fingerprint density at radius 2 is 1.38 bits per heavy atom. The normalized spacial score (nSPS) is 11.1. The summed E-state index contributed by atoms with van der Waals surface area (Å²) in [5.41, 5.74) is 6.20. The monoisotopic (exact) mass is 648 g/mol.